The number of ether oxygens (including phenoxy) is 1. The lowest BCUT2D eigenvalue weighted by atomic mass is 10.2. The number of imidazole rings is 1. The second-order valence-electron chi connectivity index (χ2n) is 5.62. The second kappa shape index (κ2) is 6.06. The number of H-pyrrole nitrogens is 1. The van der Waals surface area contributed by atoms with Crippen LogP contribution in [0.4, 0.5) is 0 Å². The Morgan fingerprint density at radius 1 is 1.23 bits per heavy atom. The van der Waals surface area contributed by atoms with E-state index in [9.17, 15) is 4.79 Å². The predicted molar refractivity (Wildman–Crippen MR) is 86.9 cm³/mol. The smallest absolute Gasteiger partial charge is 0.272 e. The lowest BCUT2D eigenvalue weighted by molar-refractivity contribution is -0.0587. The number of aromatic amines is 1. The SMILES string of the molecule is C[C@@H]1CN(C(=O)c2c[nH]c(=S)n2-c2ccccc2)C[C@H](C)O1. The molecule has 1 amide bonds. The number of hydrogen-bond donors (Lipinski definition) is 1. The van der Waals surface area contributed by atoms with Gasteiger partial charge in [-0.2, -0.15) is 0 Å². The normalized spacial score (nSPS) is 21.8. The number of amides is 1. The molecule has 5 nitrogen and oxygen atoms in total. The summed E-state index contributed by atoms with van der Waals surface area (Å²) in [4.78, 5) is 17.7. The Bertz CT molecular complexity index is 712. The number of aromatic nitrogens is 2. The Labute approximate surface area is 134 Å². The van der Waals surface area contributed by atoms with Crippen molar-refractivity contribution in [3.63, 3.8) is 0 Å². The molecule has 22 heavy (non-hydrogen) atoms. The largest absolute Gasteiger partial charge is 0.372 e. The summed E-state index contributed by atoms with van der Waals surface area (Å²) in [6, 6.07) is 9.66. The Morgan fingerprint density at radius 2 is 1.86 bits per heavy atom. The molecule has 2 aromatic rings. The number of nitrogens with one attached hydrogen (secondary N) is 1. The van der Waals surface area contributed by atoms with Crippen LogP contribution in [0.5, 0.6) is 0 Å². The third kappa shape index (κ3) is 2.84. The van der Waals surface area contributed by atoms with Crippen LogP contribution in [0.1, 0.15) is 24.3 Å². The zero-order chi connectivity index (χ0) is 15.7. The van der Waals surface area contributed by atoms with Gasteiger partial charge in [0.2, 0.25) is 0 Å². The average molecular weight is 317 g/mol. The van der Waals surface area contributed by atoms with Crippen LogP contribution < -0.4 is 0 Å². The third-order valence-electron chi connectivity index (χ3n) is 3.72. The van der Waals surface area contributed by atoms with Gasteiger partial charge in [0.05, 0.1) is 12.2 Å². The molecule has 1 saturated heterocycles. The highest BCUT2D eigenvalue weighted by atomic mass is 32.1. The van der Waals surface area contributed by atoms with Gasteiger partial charge >= 0.3 is 0 Å². The van der Waals surface area contributed by atoms with Crippen molar-refractivity contribution >= 4 is 18.1 Å². The molecule has 1 aromatic carbocycles. The topological polar surface area (TPSA) is 50.3 Å². The summed E-state index contributed by atoms with van der Waals surface area (Å²) in [6.07, 6.45) is 1.77. The van der Waals surface area contributed by atoms with E-state index in [1.54, 1.807) is 10.8 Å². The Morgan fingerprint density at radius 3 is 2.50 bits per heavy atom. The molecule has 116 valence electrons. The van der Waals surface area contributed by atoms with Gasteiger partial charge in [0.15, 0.2) is 4.77 Å². The maximum atomic E-state index is 12.9. The van der Waals surface area contributed by atoms with Gasteiger partial charge in [0.1, 0.15) is 5.69 Å². The van der Waals surface area contributed by atoms with Gasteiger partial charge in [-0.1, -0.05) is 18.2 Å². The Hall–Kier alpha value is -1.92. The number of morpholine rings is 1. The maximum Gasteiger partial charge on any atom is 0.272 e. The fraction of sp³-hybridized carbons (Fsp3) is 0.375. The van der Waals surface area contributed by atoms with E-state index in [2.05, 4.69) is 4.98 Å². The minimum absolute atomic E-state index is 0.0294. The molecule has 0 unspecified atom stereocenters. The van der Waals surface area contributed by atoms with Crippen molar-refractivity contribution in [1.82, 2.24) is 14.5 Å². The fourth-order valence-electron chi connectivity index (χ4n) is 2.87. The first-order valence-electron chi connectivity index (χ1n) is 7.37. The molecule has 2 atom stereocenters. The van der Waals surface area contributed by atoms with Crippen molar-refractivity contribution in [3.8, 4) is 5.69 Å². The number of hydrogen-bond acceptors (Lipinski definition) is 3. The Kier molecular flexibility index (Phi) is 4.13. The van der Waals surface area contributed by atoms with Crippen molar-refractivity contribution < 1.29 is 9.53 Å². The number of nitrogens with zero attached hydrogens (tertiary/aromatic N) is 2. The summed E-state index contributed by atoms with van der Waals surface area (Å²) in [5.41, 5.74) is 1.43. The van der Waals surface area contributed by atoms with E-state index < -0.39 is 0 Å². The molecule has 3 rings (SSSR count). The summed E-state index contributed by atoms with van der Waals surface area (Å²) in [6.45, 7) is 5.15. The van der Waals surface area contributed by atoms with Crippen LogP contribution in [0.25, 0.3) is 5.69 Å². The summed E-state index contributed by atoms with van der Waals surface area (Å²) in [5.74, 6) is -0.0294. The summed E-state index contributed by atoms with van der Waals surface area (Å²) < 4.78 is 7.99. The molecular weight excluding hydrogens is 298 g/mol. The van der Waals surface area contributed by atoms with Gasteiger partial charge in [-0.25, -0.2) is 0 Å². The summed E-state index contributed by atoms with van der Waals surface area (Å²) >= 11 is 5.33. The van der Waals surface area contributed by atoms with Crippen LogP contribution in [-0.2, 0) is 4.74 Å². The van der Waals surface area contributed by atoms with Crippen molar-refractivity contribution in [3.05, 3.63) is 47.0 Å². The third-order valence-corrected chi connectivity index (χ3v) is 4.02. The maximum absolute atomic E-state index is 12.9. The molecule has 1 aliphatic heterocycles. The fourth-order valence-corrected chi connectivity index (χ4v) is 3.13. The highest BCUT2D eigenvalue weighted by molar-refractivity contribution is 7.71. The lowest BCUT2D eigenvalue weighted by Gasteiger charge is -2.35. The molecule has 0 aliphatic carbocycles. The molecule has 1 aromatic heterocycles. The molecule has 0 radical (unpaired) electrons. The van der Waals surface area contributed by atoms with E-state index in [1.807, 2.05) is 49.1 Å². The van der Waals surface area contributed by atoms with Crippen LogP contribution >= 0.6 is 12.2 Å². The molecule has 0 spiro atoms. The second-order valence-corrected chi connectivity index (χ2v) is 6.00. The van der Waals surface area contributed by atoms with Crippen molar-refractivity contribution in [2.75, 3.05) is 13.1 Å². The molecule has 0 bridgehead atoms. The first kappa shape index (κ1) is 15.0. The molecule has 0 saturated carbocycles. The molecule has 1 N–H and O–H groups in total. The number of carbonyl (C=O) groups is 1. The van der Waals surface area contributed by atoms with Gasteiger partial charge in [-0.15, -0.1) is 0 Å². The molecule has 6 heteroatoms. The van der Waals surface area contributed by atoms with E-state index in [4.69, 9.17) is 17.0 Å². The van der Waals surface area contributed by atoms with E-state index in [0.29, 0.717) is 23.6 Å². The van der Waals surface area contributed by atoms with Crippen LogP contribution in [0.15, 0.2) is 36.5 Å². The van der Waals surface area contributed by atoms with E-state index >= 15 is 0 Å². The van der Waals surface area contributed by atoms with Crippen LogP contribution in [0, 0.1) is 4.77 Å². The highest BCUT2D eigenvalue weighted by Gasteiger charge is 2.28. The first-order valence-corrected chi connectivity index (χ1v) is 7.77. The summed E-state index contributed by atoms with van der Waals surface area (Å²) in [7, 11) is 0. The van der Waals surface area contributed by atoms with Gasteiger partial charge in [-0.05, 0) is 38.2 Å². The molecule has 2 heterocycles. The highest BCUT2D eigenvalue weighted by Crippen LogP contribution is 2.17. The van der Waals surface area contributed by atoms with Crippen molar-refractivity contribution in [1.29, 1.82) is 0 Å². The predicted octanol–water partition coefficient (Wildman–Crippen LogP) is 2.78. The number of para-hydroxylation sites is 1. The molecule has 1 fully saturated rings. The Balaban J connectivity index is 1.96. The summed E-state index contributed by atoms with van der Waals surface area (Å²) in [5, 5.41) is 0. The van der Waals surface area contributed by atoms with Crippen LogP contribution in [0.2, 0.25) is 0 Å². The van der Waals surface area contributed by atoms with Gasteiger partial charge < -0.3 is 14.6 Å². The number of carbonyl (C=O) groups excluding carboxylic acids is 1. The zero-order valence-electron chi connectivity index (χ0n) is 12.7. The zero-order valence-corrected chi connectivity index (χ0v) is 13.5. The van der Waals surface area contributed by atoms with E-state index in [1.165, 1.54) is 0 Å². The minimum atomic E-state index is -0.0294. The quantitative estimate of drug-likeness (QED) is 0.867. The van der Waals surface area contributed by atoms with E-state index in [-0.39, 0.29) is 18.1 Å². The van der Waals surface area contributed by atoms with Crippen molar-refractivity contribution in [2.24, 2.45) is 0 Å². The molecule has 1 aliphatic rings. The standard InChI is InChI=1S/C16H19N3O2S/c1-11-9-18(10-12(2)21-11)15(20)14-8-17-16(22)19(14)13-6-4-3-5-7-13/h3-8,11-12H,9-10H2,1-2H3,(H,17,22)/t11-,12+. The number of benzene rings is 1. The van der Waals surface area contributed by atoms with E-state index in [0.717, 1.165) is 5.69 Å². The number of rotatable bonds is 2. The average Bonchev–Trinajstić information content (AvgIpc) is 2.88. The minimum Gasteiger partial charge on any atom is -0.372 e. The molecular formula is C16H19N3O2S. The van der Waals surface area contributed by atoms with Gasteiger partial charge in [0, 0.05) is 25.0 Å². The monoisotopic (exact) mass is 317 g/mol. The lowest BCUT2D eigenvalue weighted by Crippen LogP contribution is -2.48. The van der Waals surface area contributed by atoms with Gasteiger partial charge in [0.25, 0.3) is 5.91 Å². The van der Waals surface area contributed by atoms with Gasteiger partial charge in [-0.3, -0.25) is 9.36 Å². The van der Waals surface area contributed by atoms with Crippen molar-refractivity contribution in [2.45, 2.75) is 26.1 Å². The van der Waals surface area contributed by atoms with Crippen LogP contribution in [0.3, 0.4) is 0 Å². The first-order chi connectivity index (χ1) is 10.6. The van der Waals surface area contributed by atoms with Crippen LogP contribution in [-0.4, -0.2) is 45.7 Å².